The Kier molecular flexibility index (Phi) is 6.59. The molecule has 1 heterocycles. The van der Waals surface area contributed by atoms with Crippen LogP contribution in [0.15, 0.2) is 60.9 Å². The van der Waals surface area contributed by atoms with Crippen LogP contribution in [0.5, 0.6) is 5.75 Å². The predicted octanol–water partition coefficient (Wildman–Crippen LogP) is 4.29. The highest BCUT2D eigenvalue weighted by Gasteiger charge is 2.08. The summed E-state index contributed by atoms with van der Waals surface area (Å²) in [5.41, 5.74) is 2.37. The van der Waals surface area contributed by atoms with Crippen molar-refractivity contribution in [2.45, 2.75) is 31.8 Å². The van der Waals surface area contributed by atoms with Gasteiger partial charge in [0.15, 0.2) is 0 Å². The van der Waals surface area contributed by atoms with Crippen LogP contribution in [-0.2, 0) is 12.8 Å². The van der Waals surface area contributed by atoms with Crippen LogP contribution in [0.25, 0.3) is 10.8 Å². The van der Waals surface area contributed by atoms with Gasteiger partial charge in [-0.1, -0.05) is 30.3 Å². The molecule has 0 aliphatic rings. The molecule has 0 fully saturated rings. The average molecular weight is 344 g/mol. The molecule has 2 N–H and O–H groups in total. The van der Waals surface area contributed by atoms with E-state index in [-0.39, 0.29) is 24.3 Å². The number of aromatic hydroxyl groups is 1. The van der Waals surface area contributed by atoms with E-state index < -0.39 is 0 Å². The molecule has 3 nitrogen and oxygen atoms in total. The predicted molar refractivity (Wildman–Crippen MR) is 99.7 cm³/mol. The molecule has 0 aliphatic heterocycles. The summed E-state index contributed by atoms with van der Waals surface area (Å²) in [7, 11) is 0. The molecule has 1 atom stereocenters. The number of benzene rings is 2. The molecule has 126 valence electrons. The molecule has 0 saturated carbocycles. The zero-order valence-corrected chi connectivity index (χ0v) is 14.2. The number of aryl methyl sites for hydroxylation is 2. The van der Waals surface area contributed by atoms with Crippen molar-refractivity contribution in [2.24, 2.45) is 0 Å². The van der Waals surface area contributed by atoms with Gasteiger partial charge in [0, 0.05) is 12.4 Å². The minimum Gasteiger partial charge on any atom is -0.508 e. The lowest BCUT2D eigenvalue weighted by atomic mass is 9.97. The zero-order valence-electron chi connectivity index (χ0n) is 13.4. The van der Waals surface area contributed by atoms with Crippen molar-refractivity contribution in [2.75, 3.05) is 0 Å². The van der Waals surface area contributed by atoms with Gasteiger partial charge >= 0.3 is 0 Å². The molecule has 1 unspecified atom stereocenters. The summed E-state index contributed by atoms with van der Waals surface area (Å²) in [5.74, 6) is 0.283. The van der Waals surface area contributed by atoms with Crippen molar-refractivity contribution >= 4 is 23.2 Å². The molecule has 4 heteroatoms. The lowest BCUT2D eigenvalue weighted by molar-refractivity contribution is 0.155. The number of hydrogen-bond acceptors (Lipinski definition) is 3. The third kappa shape index (κ3) is 4.70. The van der Waals surface area contributed by atoms with Crippen LogP contribution in [0.1, 0.15) is 24.0 Å². The number of rotatable bonds is 6. The number of hydrogen-bond donors (Lipinski definition) is 2. The number of phenols is 1. The summed E-state index contributed by atoms with van der Waals surface area (Å²) in [4.78, 5) is 4.10. The van der Waals surface area contributed by atoms with Gasteiger partial charge in [-0.25, -0.2) is 0 Å². The van der Waals surface area contributed by atoms with Gasteiger partial charge in [0.25, 0.3) is 0 Å². The van der Waals surface area contributed by atoms with Crippen LogP contribution in [0.4, 0.5) is 0 Å². The number of phenolic OH excluding ortho intramolecular Hbond substituents is 1. The Morgan fingerprint density at radius 2 is 1.79 bits per heavy atom. The lowest BCUT2D eigenvalue weighted by Crippen LogP contribution is -2.09. The first-order valence-electron chi connectivity index (χ1n) is 8.00. The second kappa shape index (κ2) is 8.67. The van der Waals surface area contributed by atoms with Gasteiger partial charge in [-0.05, 0) is 65.8 Å². The summed E-state index contributed by atoms with van der Waals surface area (Å²) in [6.45, 7) is 0. The summed E-state index contributed by atoms with van der Waals surface area (Å²) in [5, 5.41) is 22.0. The second-order valence-corrected chi connectivity index (χ2v) is 5.92. The first kappa shape index (κ1) is 18.2. The fourth-order valence-electron chi connectivity index (χ4n) is 2.90. The van der Waals surface area contributed by atoms with Crippen LogP contribution in [-0.4, -0.2) is 21.3 Å². The van der Waals surface area contributed by atoms with E-state index in [0.29, 0.717) is 0 Å². The first-order valence-corrected chi connectivity index (χ1v) is 8.00. The maximum Gasteiger partial charge on any atom is 0.116 e. The number of aromatic nitrogens is 1. The van der Waals surface area contributed by atoms with E-state index in [1.54, 1.807) is 18.3 Å². The summed E-state index contributed by atoms with van der Waals surface area (Å²) < 4.78 is 0. The van der Waals surface area contributed by atoms with E-state index in [1.165, 1.54) is 5.56 Å². The Morgan fingerprint density at radius 3 is 2.58 bits per heavy atom. The Bertz CT molecular complexity index is 777. The van der Waals surface area contributed by atoms with Crippen molar-refractivity contribution in [1.29, 1.82) is 0 Å². The first-order chi connectivity index (χ1) is 11.2. The standard InChI is InChI=1S/C20H21NO2.ClH/c22-18(8-6-15-3-2-12-21-14-15)9-7-16-4-1-5-17-13-19(23)10-11-20(16)17;/h1-5,10-14,18,22-23H,6-9H2;1H. The largest absolute Gasteiger partial charge is 0.508 e. The molecule has 24 heavy (non-hydrogen) atoms. The Balaban J connectivity index is 0.00000208. The molecule has 0 bridgehead atoms. The summed E-state index contributed by atoms with van der Waals surface area (Å²) in [6, 6.07) is 15.5. The van der Waals surface area contributed by atoms with Crippen LogP contribution in [0, 0.1) is 0 Å². The summed E-state index contributed by atoms with van der Waals surface area (Å²) >= 11 is 0. The number of aliphatic hydroxyl groups is 1. The molecular formula is C20H22ClNO2. The Hall–Kier alpha value is -2.10. The quantitative estimate of drug-likeness (QED) is 0.702. The van der Waals surface area contributed by atoms with Crippen molar-refractivity contribution in [3.05, 3.63) is 72.1 Å². The normalized spacial score (nSPS) is 11.9. The minimum absolute atomic E-state index is 0. The van der Waals surface area contributed by atoms with Crippen LogP contribution in [0.3, 0.4) is 0 Å². The Labute approximate surface area is 148 Å². The van der Waals surface area contributed by atoms with E-state index in [9.17, 15) is 10.2 Å². The zero-order chi connectivity index (χ0) is 16.1. The fraction of sp³-hybridized carbons (Fsp3) is 0.250. The van der Waals surface area contributed by atoms with Gasteiger partial charge in [0.2, 0.25) is 0 Å². The number of fused-ring (bicyclic) bond motifs is 1. The molecule has 0 aliphatic carbocycles. The monoisotopic (exact) mass is 343 g/mol. The van der Waals surface area contributed by atoms with Crippen LogP contribution >= 0.6 is 12.4 Å². The van der Waals surface area contributed by atoms with E-state index in [1.807, 2.05) is 36.5 Å². The molecule has 3 aromatic rings. The van der Waals surface area contributed by atoms with Crippen LogP contribution in [0.2, 0.25) is 0 Å². The van der Waals surface area contributed by atoms with E-state index in [4.69, 9.17) is 0 Å². The summed E-state index contributed by atoms with van der Waals surface area (Å²) in [6.07, 6.45) is 6.46. The number of halogens is 1. The second-order valence-electron chi connectivity index (χ2n) is 5.92. The maximum absolute atomic E-state index is 10.2. The van der Waals surface area contributed by atoms with Crippen molar-refractivity contribution in [3.63, 3.8) is 0 Å². The van der Waals surface area contributed by atoms with Gasteiger partial charge in [-0.2, -0.15) is 0 Å². The minimum atomic E-state index is -0.317. The average Bonchev–Trinajstić information content (AvgIpc) is 2.58. The SMILES string of the molecule is Cl.Oc1ccc2c(CCC(O)CCc3cccnc3)cccc2c1. The van der Waals surface area contributed by atoms with Crippen LogP contribution < -0.4 is 0 Å². The number of pyridine rings is 1. The van der Waals surface area contributed by atoms with E-state index in [2.05, 4.69) is 11.1 Å². The topological polar surface area (TPSA) is 53.4 Å². The highest BCUT2D eigenvalue weighted by Crippen LogP contribution is 2.24. The highest BCUT2D eigenvalue weighted by atomic mass is 35.5. The molecule has 1 aromatic heterocycles. The lowest BCUT2D eigenvalue weighted by Gasteiger charge is -2.12. The fourth-order valence-corrected chi connectivity index (χ4v) is 2.90. The van der Waals surface area contributed by atoms with Crippen molar-refractivity contribution in [1.82, 2.24) is 4.98 Å². The Morgan fingerprint density at radius 1 is 0.958 bits per heavy atom. The highest BCUT2D eigenvalue weighted by molar-refractivity contribution is 5.87. The van der Waals surface area contributed by atoms with Crippen molar-refractivity contribution < 1.29 is 10.2 Å². The van der Waals surface area contributed by atoms with E-state index >= 15 is 0 Å². The molecule has 0 radical (unpaired) electrons. The van der Waals surface area contributed by atoms with Gasteiger partial charge in [-0.15, -0.1) is 12.4 Å². The molecule has 2 aromatic carbocycles. The maximum atomic E-state index is 10.2. The van der Waals surface area contributed by atoms with Crippen molar-refractivity contribution in [3.8, 4) is 5.75 Å². The number of aliphatic hydroxyl groups excluding tert-OH is 1. The third-order valence-electron chi connectivity index (χ3n) is 4.19. The smallest absolute Gasteiger partial charge is 0.116 e. The van der Waals surface area contributed by atoms with Gasteiger partial charge in [0.05, 0.1) is 6.10 Å². The molecule has 0 saturated heterocycles. The molecular weight excluding hydrogens is 322 g/mol. The third-order valence-corrected chi connectivity index (χ3v) is 4.19. The van der Waals surface area contributed by atoms with Gasteiger partial charge in [0.1, 0.15) is 5.75 Å². The molecule has 3 rings (SSSR count). The molecule has 0 amide bonds. The van der Waals surface area contributed by atoms with E-state index in [0.717, 1.165) is 42.0 Å². The van der Waals surface area contributed by atoms with Gasteiger partial charge in [-0.3, -0.25) is 4.98 Å². The number of nitrogens with zero attached hydrogens (tertiary/aromatic N) is 1. The van der Waals surface area contributed by atoms with Gasteiger partial charge < -0.3 is 10.2 Å². The molecule has 0 spiro atoms.